The molecule has 0 radical (unpaired) electrons. The van der Waals surface area contributed by atoms with E-state index in [4.69, 9.17) is 0 Å². The molecule has 1 aliphatic rings. The van der Waals surface area contributed by atoms with Gasteiger partial charge in [0.1, 0.15) is 0 Å². The fraction of sp³-hybridized carbons (Fsp3) is 0.800. The van der Waals surface area contributed by atoms with Gasteiger partial charge in [0.25, 0.3) is 0 Å². The van der Waals surface area contributed by atoms with Gasteiger partial charge in [0, 0.05) is 19.3 Å². The summed E-state index contributed by atoms with van der Waals surface area (Å²) in [5.41, 5.74) is 1.08. The molecule has 3 unspecified atom stereocenters. The average molecular weight is 303 g/mol. The van der Waals surface area contributed by atoms with Crippen LogP contribution in [0.25, 0.3) is 0 Å². The lowest BCUT2D eigenvalue weighted by Crippen LogP contribution is -2.44. The highest BCUT2D eigenvalue weighted by Crippen LogP contribution is 2.43. The molecule has 0 saturated heterocycles. The molecule has 0 spiro atoms. The number of hydrogen-bond acceptors (Lipinski definition) is 2. The summed E-state index contributed by atoms with van der Waals surface area (Å²) in [6.07, 6.45) is 3.67. The van der Waals surface area contributed by atoms with Crippen LogP contribution in [0.4, 0.5) is 13.2 Å². The second kappa shape index (κ2) is 6.81. The molecule has 0 bridgehead atoms. The van der Waals surface area contributed by atoms with Gasteiger partial charge >= 0.3 is 6.18 Å². The monoisotopic (exact) mass is 303 g/mol. The lowest BCUT2D eigenvalue weighted by molar-refractivity contribution is -0.199. The van der Waals surface area contributed by atoms with Crippen LogP contribution in [0.2, 0.25) is 0 Å². The van der Waals surface area contributed by atoms with E-state index in [1.165, 1.54) is 0 Å². The number of alkyl halides is 3. The maximum absolute atomic E-state index is 13.2. The van der Waals surface area contributed by atoms with Gasteiger partial charge in [-0.15, -0.1) is 0 Å². The first kappa shape index (κ1) is 16.3. The van der Waals surface area contributed by atoms with Crippen molar-refractivity contribution in [3.8, 4) is 0 Å². The van der Waals surface area contributed by atoms with E-state index in [2.05, 4.69) is 10.4 Å². The largest absolute Gasteiger partial charge is 0.392 e. The zero-order valence-electron chi connectivity index (χ0n) is 12.7. The van der Waals surface area contributed by atoms with Gasteiger partial charge < -0.3 is 5.32 Å². The van der Waals surface area contributed by atoms with Crippen LogP contribution in [-0.2, 0) is 13.5 Å². The van der Waals surface area contributed by atoms with E-state index in [1.54, 1.807) is 17.9 Å². The van der Waals surface area contributed by atoms with Gasteiger partial charge in [-0.3, -0.25) is 4.68 Å². The molecule has 21 heavy (non-hydrogen) atoms. The summed E-state index contributed by atoms with van der Waals surface area (Å²) in [4.78, 5) is 0. The minimum Gasteiger partial charge on any atom is -0.317 e. The van der Waals surface area contributed by atoms with Crippen molar-refractivity contribution < 1.29 is 13.2 Å². The number of aryl methyl sites for hydroxylation is 2. The molecule has 3 atom stereocenters. The summed E-state index contributed by atoms with van der Waals surface area (Å²) in [6.45, 7) is 0. The van der Waals surface area contributed by atoms with Gasteiger partial charge in [-0.2, -0.15) is 18.3 Å². The Morgan fingerprint density at radius 1 is 1.38 bits per heavy atom. The first-order valence-electron chi connectivity index (χ1n) is 7.63. The van der Waals surface area contributed by atoms with Crippen molar-refractivity contribution in [2.45, 2.75) is 50.7 Å². The molecule has 1 N–H and O–H groups in total. The zero-order chi connectivity index (χ0) is 15.5. The number of aromatic nitrogens is 2. The summed E-state index contributed by atoms with van der Waals surface area (Å²) in [7, 11) is 3.62. The van der Waals surface area contributed by atoms with Crippen LogP contribution >= 0.6 is 0 Å². The van der Waals surface area contributed by atoms with Crippen LogP contribution in [0.15, 0.2) is 12.4 Å². The van der Waals surface area contributed by atoms with Crippen molar-refractivity contribution in [3.05, 3.63) is 18.0 Å². The molecular weight excluding hydrogens is 279 g/mol. The highest BCUT2D eigenvalue weighted by atomic mass is 19.4. The van der Waals surface area contributed by atoms with Crippen LogP contribution in [0, 0.1) is 11.8 Å². The summed E-state index contributed by atoms with van der Waals surface area (Å²) >= 11 is 0. The van der Waals surface area contributed by atoms with Crippen LogP contribution in [0.1, 0.15) is 37.7 Å². The molecule has 1 aliphatic carbocycles. The SMILES string of the molecule is CNC(CCc1cnn(C)c1)C1CCCCC1C(F)(F)F. The van der Waals surface area contributed by atoms with Crippen molar-refractivity contribution in [3.63, 3.8) is 0 Å². The van der Waals surface area contributed by atoms with Crippen LogP contribution in [-0.4, -0.2) is 29.0 Å². The molecular formula is C15H24F3N3. The third-order valence-corrected chi connectivity index (χ3v) is 4.63. The molecule has 1 saturated carbocycles. The number of hydrogen-bond donors (Lipinski definition) is 1. The highest BCUT2D eigenvalue weighted by molar-refractivity contribution is 5.04. The Morgan fingerprint density at radius 2 is 2.10 bits per heavy atom. The fourth-order valence-corrected chi connectivity index (χ4v) is 3.54. The highest BCUT2D eigenvalue weighted by Gasteiger charge is 2.47. The Labute approximate surface area is 123 Å². The van der Waals surface area contributed by atoms with Crippen molar-refractivity contribution in [2.24, 2.45) is 18.9 Å². The van der Waals surface area contributed by atoms with Crippen molar-refractivity contribution in [1.29, 1.82) is 0 Å². The second-order valence-electron chi connectivity index (χ2n) is 6.05. The van der Waals surface area contributed by atoms with E-state index in [0.717, 1.165) is 24.8 Å². The minimum absolute atomic E-state index is 0.0860. The lowest BCUT2D eigenvalue weighted by Gasteiger charge is -2.38. The summed E-state index contributed by atoms with van der Waals surface area (Å²) in [5, 5.41) is 7.23. The lowest BCUT2D eigenvalue weighted by atomic mass is 9.73. The molecule has 6 heteroatoms. The quantitative estimate of drug-likeness (QED) is 0.904. The van der Waals surface area contributed by atoms with E-state index in [1.807, 2.05) is 13.2 Å². The average Bonchev–Trinajstić information content (AvgIpc) is 2.85. The van der Waals surface area contributed by atoms with Gasteiger partial charge in [-0.05, 0) is 44.2 Å². The molecule has 1 fully saturated rings. The van der Waals surface area contributed by atoms with Crippen molar-refractivity contribution >= 4 is 0 Å². The number of halogens is 3. The molecule has 3 nitrogen and oxygen atoms in total. The van der Waals surface area contributed by atoms with Gasteiger partial charge in [0.2, 0.25) is 0 Å². The Morgan fingerprint density at radius 3 is 2.67 bits per heavy atom. The molecule has 1 aromatic rings. The zero-order valence-corrected chi connectivity index (χ0v) is 12.7. The van der Waals surface area contributed by atoms with E-state index >= 15 is 0 Å². The number of rotatable bonds is 5. The molecule has 0 aromatic carbocycles. The van der Waals surface area contributed by atoms with Crippen LogP contribution in [0.3, 0.4) is 0 Å². The van der Waals surface area contributed by atoms with Crippen LogP contribution < -0.4 is 5.32 Å². The molecule has 2 rings (SSSR count). The molecule has 1 aromatic heterocycles. The predicted octanol–water partition coefficient (Wildman–Crippen LogP) is 3.31. The standard InChI is InChI=1S/C15H24F3N3/c1-19-14(8-7-11-9-20-21(2)10-11)12-5-3-4-6-13(12)15(16,17)18/h9-10,12-14,19H,3-8H2,1-2H3. The van der Waals surface area contributed by atoms with Crippen LogP contribution in [0.5, 0.6) is 0 Å². The Kier molecular flexibility index (Phi) is 5.30. The predicted molar refractivity (Wildman–Crippen MR) is 75.9 cm³/mol. The Balaban J connectivity index is 2.00. The first-order chi connectivity index (χ1) is 9.91. The van der Waals surface area contributed by atoms with Gasteiger partial charge in [0.05, 0.1) is 12.1 Å². The van der Waals surface area contributed by atoms with Gasteiger partial charge in [-0.1, -0.05) is 12.8 Å². The van der Waals surface area contributed by atoms with Gasteiger partial charge in [0.15, 0.2) is 0 Å². The maximum atomic E-state index is 13.2. The van der Waals surface area contributed by atoms with Gasteiger partial charge in [-0.25, -0.2) is 0 Å². The molecule has 120 valence electrons. The third-order valence-electron chi connectivity index (χ3n) is 4.63. The Hall–Kier alpha value is -1.04. The van der Waals surface area contributed by atoms with E-state index in [0.29, 0.717) is 12.8 Å². The van der Waals surface area contributed by atoms with E-state index < -0.39 is 12.1 Å². The smallest absolute Gasteiger partial charge is 0.317 e. The van der Waals surface area contributed by atoms with E-state index in [9.17, 15) is 13.2 Å². The third kappa shape index (κ3) is 4.22. The number of nitrogens with zero attached hydrogens (tertiary/aromatic N) is 2. The number of nitrogens with one attached hydrogen (secondary N) is 1. The minimum atomic E-state index is -4.07. The molecule has 1 heterocycles. The summed E-state index contributed by atoms with van der Waals surface area (Å²) < 4.78 is 41.4. The molecule has 0 amide bonds. The summed E-state index contributed by atoms with van der Waals surface area (Å²) in [6, 6.07) is -0.0860. The van der Waals surface area contributed by atoms with E-state index in [-0.39, 0.29) is 18.4 Å². The second-order valence-corrected chi connectivity index (χ2v) is 6.05. The topological polar surface area (TPSA) is 29.9 Å². The van der Waals surface area contributed by atoms with Crippen molar-refractivity contribution in [1.82, 2.24) is 15.1 Å². The fourth-order valence-electron chi connectivity index (χ4n) is 3.54. The maximum Gasteiger partial charge on any atom is 0.392 e. The first-order valence-corrected chi connectivity index (χ1v) is 7.63. The normalized spacial score (nSPS) is 25.0. The Bertz CT molecular complexity index is 442. The van der Waals surface area contributed by atoms with Crippen molar-refractivity contribution in [2.75, 3.05) is 7.05 Å². The summed E-state index contributed by atoms with van der Waals surface area (Å²) in [5.74, 6) is -1.46. The molecule has 0 aliphatic heterocycles.